The Kier molecular flexibility index (Phi) is 7.33. The van der Waals surface area contributed by atoms with Gasteiger partial charge in [-0.05, 0) is 36.8 Å². The number of rotatable bonds is 10. The lowest BCUT2D eigenvalue weighted by Crippen LogP contribution is -2.21. The Morgan fingerprint density at radius 2 is 1.79 bits per heavy atom. The summed E-state index contributed by atoms with van der Waals surface area (Å²) in [4.78, 5) is 13.5. The number of hydrogen-bond donors (Lipinski definition) is 2. The molecule has 29 heavy (non-hydrogen) atoms. The number of sulfonamides is 1. The Balaban J connectivity index is 2.35. The highest BCUT2D eigenvalue weighted by molar-refractivity contribution is 7.92. The molecule has 0 radical (unpaired) electrons. The molecule has 0 bridgehead atoms. The molecule has 8 nitrogen and oxygen atoms in total. The Morgan fingerprint density at radius 1 is 1.10 bits per heavy atom. The molecule has 2 aromatic rings. The van der Waals surface area contributed by atoms with E-state index in [-0.39, 0.29) is 21.9 Å². The first-order valence-electron chi connectivity index (χ1n) is 9.06. The Labute approximate surface area is 171 Å². The monoisotopic (exact) mass is 422 g/mol. The molecule has 0 aliphatic carbocycles. The standard InChI is InChI=1S/C20H26N2O6S/c1-5-6-11-22(2)17-9-7-14(12-16(17)20(23)24)21-29(25,26)15-8-10-18(27-3)19(13-15)28-4/h7-10,12-13,21H,5-6,11H2,1-4H3,(H,23,24). The number of nitrogens with zero attached hydrogens (tertiary/aromatic N) is 1. The van der Waals surface area contributed by atoms with Gasteiger partial charge >= 0.3 is 5.97 Å². The van der Waals surface area contributed by atoms with E-state index in [1.54, 1.807) is 12.1 Å². The number of hydrogen-bond acceptors (Lipinski definition) is 6. The Hall–Kier alpha value is -2.94. The minimum Gasteiger partial charge on any atom is -0.493 e. The fraction of sp³-hybridized carbons (Fsp3) is 0.350. The molecule has 2 N–H and O–H groups in total. The number of aromatic carboxylic acids is 1. The van der Waals surface area contributed by atoms with Crippen molar-refractivity contribution in [2.45, 2.75) is 24.7 Å². The maximum absolute atomic E-state index is 12.7. The maximum atomic E-state index is 12.7. The molecule has 0 unspecified atom stereocenters. The second-order valence-corrected chi connectivity index (χ2v) is 8.12. The van der Waals surface area contributed by atoms with Gasteiger partial charge in [0.2, 0.25) is 0 Å². The highest BCUT2D eigenvalue weighted by atomic mass is 32.2. The van der Waals surface area contributed by atoms with Gasteiger partial charge in [0.15, 0.2) is 11.5 Å². The van der Waals surface area contributed by atoms with E-state index in [1.807, 2.05) is 11.9 Å². The van der Waals surface area contributed by atoms with Crippen molar-refractivity contribution >= 4 is 27.4 Å². The molecule has 2 aromatic carbocycles. The summed E-state index contributed by atoms with van der Waals surface area (Å²) in [6.45, 7) is 2.76. The van der Waals surface area contributed by atoms with Crippen molar-refractivity contribution in [2.24, 2.45) is 0 Å². The van der Waals surface area contributed by atoms with Crippen LogP contribution in [0.3, 0.4) is 0 Å². The van der Waals surface area contributed by atoms with E-state index in [0.29, 0.717) is 18.0 Å². The average Bonchev–Trinajstić information content (AvgIpc) is 2.70. The molecule has 0 amide bonds. The SMILES string of the molecule is CCCCN(C)c1ccc(NS(=O)(=O)c2ccc(OC)c(OC)c2)cc1C(=O)O. The summed E-state index contributed by atoms with van der Waals surface area (Å²) < 4.78 is 38.2. The van der Waals surface area contributed by atoms with Crippen LogP contribution in [0.5, 0.6) is 11.5 Å². The fourth-order valence-corrected chi connectivity index (χ4v) is 3.88. The van der Waals surface area contributed by atoms with Gasteiger partial charge in [0, 0.05) is 25.3 Å². The number of ether oxygens (including phenoxy) is 2. The van der Waals surface area contributed by atoms with Crippen LogP contribution in [0.1, 0.15) is 30.1 Å². The van der Waals surface area contributed by atoms with Crippen molar-refractivity contribution < 1.29 is 27.8 Å². The van der Waals surface area contributed by atoms with Crippen LogP contribution in [-0.2, 0) is 10.0 Å². The zero-order valence-electron chi connectivity index (χ0n) is 16.9. The van der Waals surface area contributed by atoms with E-state index in [0.717, 1.165) is 12.8 Å². The molecule has 0 atom stereocenters. The van der Waals surface area contributed by atoms with E-state index in [9.17, 15) is 18.3 Å². The zero-order chi connectivity index (χ0) is 21.6. The molecule has 158 valence electrons. The van der Waals surface area contributed by atoms with Crippen molar-refractivity contribution in [3.8, 4) is 11.5 Å². The van der Waals surface area contributed by atoms with Gasteiger partial charge in [0.25, 0.3) is 10.0 Å². The van der Waals surface area contributed by atoms with Crippen LogP contribution in [-0.4, -0.2) is 47.3 Å². The van der Waals surface area contributed by atoms with Gasteiger partial charge < -0.3 is 19.5 Å². The van der Waals surface area contributed by atoms with E-state index in [1.165, 1.54) is 38.5 Å². The van der Waals surface area contributed by atoms with Crippen molar-refractivity contribution in [2.75, 3.05) is 37.4 Å². The molecule has 9 heteroatoms. The summed E-state index contributed by atoms with van der Waals surface area (Å²) in [5.41, 5.74) is 0.709. The Morgan fingerprint density at radius 3 is 2.38 bits per heavy atom. The molecule has 0 fully saturated rings. The van der Waals surface area contributed by atoms with Crippen LogP contribution in [0.4, 0.5) is 11.4 Å². The second-order valence-electron chi connectivity index (χ2n) is 6.43. The third-order valence-corrected chi connectivity index (χ3v) is 5.78. The lowest BCUT2D eigenvalue weighted by atomic mass is 10.1. The van der Waals surface area contributed by atoms with Gasteiger partial charge in [-0.1, -0.05) is 13.3 Å². The molecule has 0 aromatic heterocycles. The summed E-state index contributed by atoms with van der Waals surface area (Å²) in [6, 6.07) is 8.68. The number of carboxylic acids is 1. The van der Waals surface area contributed by atoms with E-state index in [2.05, 4.69) is 11.6 Å². The number of nitrogens with one attached hydrogen (secondary N) is 1. The number of carbonyl (C=O) groups is 1. The summed E-state index contributed by atoms with van der Waals surface area (Å²) in [5, 5.41) is 9.57. The van der Waals surface area contributed by atoms with Gasteiger partial charge in [-0.3, -0.25) is 4.72 Å². The maximum Gasteiger partial charge on any atom is 0.337 e. The topological polar surface area (TPSA) is 105 Å². The first kappa shape index (κ1) is 22.4. The molecule has 0 aliphatic rings. The minimum absolute atomic E-state index is 0.0242. The summed E-state index contributed by atoms with van der Waals surface area (Å²) in [7, 11) is 0.724. The van der Waals surface area contributed by atoms with Crippen molar-refractivity contribution in [3.63, 3.8) is 0 Å². The number of benzene rings is 2. The summed E-state index contributed by atoms with van der Waals surface area (Å²) in [6.07, 6.45) is 1.90. The third kappa shape index (κ3) is 5.32. The smallest absolute Gasteiger partial charge is 0.337 e. The highest BCUT2D eigenvalue weighted by Crippen LogP contribution is 2.31. The predicted molar refractivity (Wildman–Crippen MR) is 112 cm³/mol. The molecule has 2 rings (SSSR count). The second kappa shape index (κ2) is 9.51. The lowest BCUT2D eigenvalue weighted by Gasteiger charge is -2.21. The summed E-state index contributed by atoms with van der Waals surface area (Å²) in [5.74, 6) is -0.455. The van der Waals surface area contributed by atoms with Crippen LogP contribution in [0.15, 0.2) is 41.3 Å². The first-order valence-corrected chi connectivity index (χ1v) is 10.5. The largest absolute Gasteiger partial charge is 0.493 e. The van der Waals surface area contributed by atoms with E-state index < -0.39 is 16.0 Å². The third-order valence-electron chi connectivity index (χ3n) is 4.40. The lowest BCUT2D eigenvalue weighted by molar-refractivity contribution is 0.0697. The zero-order valence-corrected chi connectivity index (χ0v) is 17.7. The van der Waals surface area contributed by atoms with Crippen LogP contribution in [0, 0.1) is 0 Å². The normalized spacial score (nSPS) is 11.0. The van der Waals surface area contributed by atoms with Gasteiger partial charge in [0.1, 0.15) is 0 Å². The minimum atomic E-state index is -3.95. The predicted octanol–water partition coefficient (Wildman–Crippen LogP) is 3.44. The molecule has 0 spiro atoms. The fourth-order valence-electron chi connectivity index (χ4n) is 2.82. The molecule has 0 heterocycles. The number of methoxy groups -OCH3 is 2. The Bertz CT molecular complexity index is 975. The first-order chi connectivity index (χ1) is 13.7. The van der Waals surface area contributed by atoms with E-state index >= 15 is 0 Å². The number of anilines is 2. The highest BCUT2D eigenvalue weighted by Gasteiger charge is 2.20. The van der Waals surface area contributed by atoms with E-state index in [4.69, 9.17) is 9.47 Å². The number of carboxylic acid groups (broad SMARTS) is 1. The molecule has 0 aliphatic heterocycles. The van der Waals surface area contributed by atoms with Crippen LogP contribution >= 0.6 is 0 Å². The van der Waals surface area contributed by atoms with Crippen molar-refractivity contribution in [3.05, 3.63) is 42.0 Å². The molecule has 0 saturated carbocycles. The molecular formula is C20H26N2O6S. The van der Waals surface area contributed by atoms with Gasteiger partial charge in [-0.2, -0.15) is 0 Å². The van der Waals surface area contributed by atoms with Crippen molar-refractivity contribution in [1.29, 1.82) is 0 Å². The van der Waals surface area contributed by atoms with Crippen molar-refractivity contribution in [1.82, 2.24) is 0 Å². The number of unbranched alkanes of at least 4 members (excludes halogenated alkanes) is 1. The van der Waals surface area contributed by atoms with Gasteiger partial charge in [-0.25, -0.2) is 13.2 Å². The van der Waals surface area contributed by atoms with Crippen LogP contribution in [0.25, 0.3) is 0 Å². The van der Waals surface area contributed by atoms with Crippen LogP contribution in [0.2, 0.25) is 0 Å². The molecular weight excluding hydrogens is 396 g/mol. The van der Waals surface area contributed by atoms with Gasteiger partial charge in [0.05, 0.1) is 30.4 Å². The van der Waals surface area contributed by atoms with Crippen LogP contribution < -0.4 is 19.1 Å². The average molecular weight is 423 g/mol. The molecule has 0 saturated heterocycles. The quantitative estimate of drug-likeness (QED) is 0.604. The summed E-state index contributed by atoms with van der Waals surface area (Å²) >= 11 is 0. The van der Waals surface area contributed by atoms with Gasteiger partial charge in [-0.15, -0.1) is 0 Å².